The molecule has 5 nitrogen and oxygen atoms in total. The molecule has 0 spiro atoms. The van der Waals surface area contributed by atoms with Crippen molar-refractivity contribution in [2.45, 2.75) is 58.1 Å². The standard InChI is InChI=1S/C12H22N2O3/c1-3-10(2)17-12(15)14-9-5-4-6-11(14)7-8-13-16/h8,10-11,16H,3-7,9H2,1-2H3/b13-8+. The zero-order valence-electron chi connectivity index (χ0n) is 10.6. The predicted octanol–water partition coefficient (Wildman–Crippen LogP) is 2.63. The van der Waals surface area contributed by atoms with Crippen molar-refractivity contribution in [2.24, 2.45) is 5.16 Å². The van der Waals surface area contributed by atoms with Crippen molar-refractivity contribution in [1.29, 1.82) is 0 Å². The molecule has 0 bridgehead atoms. The quantitative estimate of drug-likeness (QED) is 0.468. The highest BCUT2D eigenvalue weighted by Crippen LogP contribution is 2.20. The Morgan fingerprint density at radius 3 is 3.06 bits per heavy atom. The molecule has 1 rings (SSSR count). The molecule has 17 heavy (non-hydrogen) atoms. The van der Waals surface area contributed by atoms with Gasteiger partial charge in [-0.25, -0.2) is 4.79 Å². The minimum atomic E-state index is -0.240. The molecule has 2 unspecified atom stereocenters. The van der Waals surface area contributed by atoms with Crippen LogP contribution in [0, 0.1) is 0 Å². The molecule has 0 aromatic rings. The predicted molar refractivity (Wildman–Crippen MR) is 65.5 cm³/mol. The summed E-state index contributed by atoms with van der Waals surface area (Å²) in [6, 6.07) is 0.108. The minimum absolute atomic E-state index is 0.0448. The minimum Gasteiger partial charge on any atom is -0.446 e. The SMILES string of the molecule is CCC(C)OC(=O)N1CCCCC1C/C=N/O. The highest BCUT2D eigenvalue weighted by molar-refractivity contribution is 5.69. The molecule has 1 fully saturated rings. The molecule has 1 amide bonds. The third-order valence-electron chi connectivity index (χ3n) is 3.20. The number of hydrogen-bond acceptors (Lipinski definition) is 4. The molecule has 1 aliphatic rings. The van der Waals surface area contributed by atoms with Crippen LogP contribution >= 0.6 is 0 Å². The smallest absolute Gasteiger partial charge is 0.410 e. The Morgan fingerprint density at radius 1 is 1.65 bits per heavy atom. The molecule has 1 saturated heterocycles. The molecule has 1 aliphatic heterocycles. The Kier molecular flexibility index (Phi) is 5.80. The number of hydrogen-bond donors (Lipinski definition) is 1. The normalized spacial score (nSPS) is 22.7. The van der Waals surface area contributed by atoms with E-state index in [4.69, 9.17) is 9.94 Å². The first-order chi connectivity index (χ1) is 8.19. The molecular weight excluding hydrogens is 220 g/mol. The first-order valence-corrected chi connectivity index (χ1v) is 6.32. The third kappa shape index (κ3) is 4.24. The molecule has 1 N–H and O–H groups in total. The molecule has 0 saturated carbocycles. The Morgan fingerprint density at radius 2 is 2.41 bits per heavy atom. The second-order valence-electron chi connectivity index (χ2n) is 4.48. The molecular formula is C12H22N2O3. The number of carbonyl (C=O) groups is 1. The Labute approximate surface area is 102 Å². The Hall–Kier alpha value is -1.26. The maximum atomic E-state index is 11.9. The van der Waals surface area contributed by atoms with E-state index in [-0.39, 0.29) is 18.2 Å². The molecule has 0 radical (unpaired) electrons. The summed E-state index contributed by atoms with van der Waals surface area (Å²) in [5, 5.41) is 11.4. The van der Waals surface area contributed by atoms with Gasteiger partial charge in [0.25, 0.3) is 0 Å². The summed E-state index contributed by atoms with van der Waals surface area (Å²) in [6.45, 7) is 4.62. The molecule has 2 atom stereocenters. The van der Waals surface area contributed by atoms with E-state index in [0.29, 0.717) is 6.42 Å². The molecule has 1 heterocycles. The van der Waals surface area contributed by atoms with Gasteiger partial charge in [0.15, 0.2) is 0 Å². The lowest BCUT2D eigenvalue weighted by molar-refractivity contribution is 0.0476. The van der Waals surface area contributed by atoms with Crippen LogP contribution in [0.1, 0.15) is 46.0 Å². The van der Waals surface area contributed by atoms with Crippen LogP contribution in [0.2, 0.25) is 0 Å². The number of rotatable bonds is 4. The summed E-state index contributed by atoms with van der Waals surface area (Å²) in [6.07, 6.45) is 5.64. The Bertz CT molecular complexity index is 268. The average molecular weight is 242 g/mol. The van der Waals surface area contributed by atoms with Gasteiger partial charge in [0.05, 0.1) is 0 Å². The van der Waals surface area contributed by atoms with Crippen molar-refractivity contribution in [3.63, 3.8) is 0 Å². The molecule has 0 aromatic heterocycles. The largest absolute Gasteiger partial charge is 0.446 e. The van der Waals surface area contributed by atoms with Crippen molar-refractivity contribution in [1.82, 2.24) is 4.90 Å². The summed E-state index contributed by atoms with van der Waals surface area (Å²) in [7, 11) is 0. The molecule has 0 aromatic carbocycles. The van der Waals surface area contributed by atoms with Crippen LogP contribution in [0.4, 0.5) is 4.79 Å². The van der Waals surface area contributed by atoms with Crippen LogP contribution in [0.15, 0.2) is 5.16 Å². The lowest BCUT2D eigenvalue weighted by Crippen LogP contribution is -2.45. The lowest BCUT2D eigenvalue weighted by Gasteiger charge is -2.34. The van der Waals surface area contributed by atoms with E-state index in [2.05, 4.69) is 5.16 Å². The summed E-state index contributed by atoms with van der Waals surface area (Å²) >= 11 is 0. The highest BCUT2D eigenvalue weighted by Gasteiger charge is 2.27. The number of oxime groups is 1. The fourth-order valence-electron chi connectivity index (χ4n) is 1.98. The van der Waals surface area contributed by atoms with Crippen LogP contribution in [0.5, 0.6) is 0 Å². The molecule has 0 aliphatic carbocycles. The van der Waals surface area contributed by atoms with Crippen molar-refractivity contribution >= 4 is 12.3 Å². The van der Waals surface area contributed by atoms with E-state index in [1.165, 1.54) is 6.21 Å². The number of carbonyl (C=O) groups excluding carboxylic acids is 1. The van der Waals surface area contributed by atoms with Crippen LogP contribution in [-0.2, 0) is 4.74 Å². The van der Waals surface area contributed by atoms with Crippen molar-refractivity contribution in [3.05, 3.63) is 0 Å². The van der Waals surface area contributed by atoms with Crippen LogP contribution < -0.4 is 0 Å². The number of piperidine rings is 1. The van der Waals surface area contributed by atoms with Gasteiger partial charge >= 0.3 is 6.09 Å². The van der Waals surface area contributed by atoms with Gasteiger partial charge in [0, 0.05) is 25.2 Å². The van der Waals surface area contributed by atoms with Crippen molar-refractivity contribution < 1.29 is 14.7 Å². The van der Waals surface area contributed by atoms with Gasteiger partial charge in [-0.15, -0.1) is 5.16 Å². The van der Waals surface area contributed by atoms with Gasteiger partial charge in [-0.3, -0.25) is 0 Å². The van der Waals surface area contributed by atoms with E-state index >= 15 is 0 Å². The number of likely N-dealkylation sites (tertiary alicyclic amines) is 1. The highest BCUT2D eigenvalue weighted by atomic mass is 16.6. The zero-order valence-corrected chi connectivity index (χ0v) is 10.6. The number of nitrogens with zero attached hydrogens (tertiary/aromatic N) is 2. The van der Waals surface area contributed by atoms with Gasteiger partial charge < -0.3 is 14.8 Å². The van der Waals surface area contributed by atoms with Crippen LogP contribution in [0.3, 0.4) is 0 Å². The van der Waals surface area contributed by atoms with Gasteiger partial charge in [0.2, 0.25) is 0 Å². The topological polar surface area (TPSA) is 62.1 Å². The first kappa shape index (κ1) is 13.8. The monoisotopic (exact) mass is 242 g/mol. The van der Waals surface area contributed by atoms with E-state index in [9.17, 15) is 4.79 Å². The summed E-state index contributed by atoms with van der Waals surface area (Å²) in [4.78, 5) is 13.7. The second-order valence-corrected chi connectivity index (χ2v) is 4.48. The maximum Gasteiger partial charge on any atom is 0.410 e. The van der Waals surface area contributed by atoms with Crippen LogP contribution in [-0.4, -0.2) is 41.1 Å². The van der Waals surface area contributed by atoms with Gasteiger partial charge in [0.1, 0.15) is 6.10 Å². The number of ether oxygens (including phenoxy) is 1. The second kappa shape index (κ2) is 7.14. The average Bonchev–Trinajstić information content (AvgIpc) is 2.36. The summed E-state index contributed by atoms with van der Waals surface area (Å²) in [5.74, 6) is 0. The molecule has 5 heteroatoms. The fraction of sp³-hybridized carbons (Fsp3) is 0.833. The maximum absolute atomic E-state index is 11.9. The summed E-state index contributed by atoms with van der Waals surface area (Å²) < 4.78 is 5.33. The lowest BCUT2D eigenvalue weighted by atomic mass is 10.0. The zero-order chi connectivity index (χ0) is 12.7. The van der Waals surface area contributed by atoms with E-state index in [1.54, 1.807) is 4.90 Å². The first-order valence-electron chi connectivity index (χ1n) is 6.32. The van der Waals surface area contributed by atoms with Crippen molar-refractivity contribution in [3.8, 4) is 0 Å². The van der Waals surface area contributed by atoms with E-state index in [1.807, 2.05) is 13.8 Å². The third-order valence-corrected chi connectivity index (χ3v) is 3.20. The van der Waals surface area contributed by atoms with E-state index in [0.717, 1.165) is 32.2 Å². The Balaban J connectivity index is 2.54. The van der Waals surface area contributed by atoms with Crippen molar-refractivity contribution in [2.75, 3.05) is 6.54 Å². The number of amides is 1. The fourth-order valence-corrected chi connectivity index (χ4v) is 1.98. The van der Waals surface area contributed by atoms with Gasteiger partial charge in [-0.05, 0) is 32.6 Å². The van der Waals surface area contributed by atoms with Crippen LogP contribution in [0.25, 0.3) is 0 Å². The summed E-state index contributed by atoms with van der Waals surface area (Å²) in [5.41, 5.74) is 0. The van der Waals surface area contributed by atoms with Gasteiger partial charge in [-0.2, -0.15) is 0 Å². The van der Waals surface area contributed by atoms with E-state index < -0.39 is 0 Å². The molecule has 98 valence electrons. The van der Waals surface area contributed by atoms with Gasteiger partial charge in [-0.1, -0.05) is 6.92 Å².